The van der Waals surface area contributed by atoms with Gasteiger partial charge in [0.05, 0.1) is 0 Å². The van der Waals surface area contributed by atoms with Crippen molar-refractivity contribution < 1.29 is 0 Å². The summed E-state index contributed by atoms with van der Waals surface area (Å²) in [6.45, 7) is 102. The smallest absolute Gasteiger partial charge is 0.0269 e. The lowest BCUT2D eigenvalue weighted by molar-refractivity contribution is -0.0704. The molecule has 0 amide bonds. The van der Waals surface area contributed by atoms with E-state index in [-0.39, 0.29) is 126 Å². The largest absolute Gasteiger partial charge is 0.0776 e. The molecule has 34 unspecified atom stereocenters. The molecule has 16 saturated carbocycles. The average Bonchev–Trinajstić information content (AvgIpc) is 1.52. The second-order valence-electron chi connectivity index (χ2n) is 49.8. The van der Waals surface area contributed by atoms with Crippen molar-refractivity contribution in [2.75, 3.05) is 0 Å². The van der Waals surface area contributed by atoms with Gasteiger partial charge in [-0.1, -0.05) is 417 Å². The Hall–Kier alpha value is 0. The lowest BCUT2D eigenvalue weighted by Gasteiger charge is -2.55. The van der Waals surface area contributed by atoms with Crippen LogP contribution < -0.4 is 0 Å². The van der Waals surface area contributed by atoms with Crippen LogP contribution >= 0.6 is 0 Å². The van der Waals surface area contributed by atoms with Gasteiger partial charge in [-0.3, -0.25) is 0 Å². The fraction of sp³-hybridized carbons (Fsp3) is 1.00. The van der Waals surface area contributed by atoms with E-state index in [1.807, 2.05) is 0 Å². The highest BCUT2D eigenvalue weighted by atomic mass is 14.8. The Morgan fingerprint density at radius 3 is 0.435 bits per heavy atom. The molecule has 0 nitrogen and oxygen atoms in total. The van der Waals surface area contributed by atoms with Crippen LogP contribution in [0.2, 0.25) is 0 Å². The number of hydrogen-bond donors (Lipinski definition) is 0. The zero-order valence-electron chi connectivity index (χ0n) is 74.6. The van der Waals surface area contributed by atoms with Crippen LogP contribution in [-0.4, -0.2) is 0 Å². The first-order valence-corrected chi connectivity index (χ1v) is 44.2. The Morgan fingerprint density at radius 1 is 0.183 bits per heavy atom. The van der Waals surface area contributed by atoms with E-state index < -0.39 is 0 Å². The maximum atomic E-state index is 2.58. The Balaban J connectivity index is -0.000000161. The normalized spacial score (nSPS) is 42.3. The van der Waals surface area contributed by atoms with Gasteiger partial charge in [-0.05, 0) is 330 Å². The van der Waals surface area contributed by atoms with Gasteiger partial charge in [0.15, 0.2) is 0 Å². The first-order valence-electron chi connectivity index (χ1n) is 44.2. The predicted octanol–water partition coefficient (Wildman–Crippen LogP) is 40.2. The molecule has 0 heteroatoms. The molecule has 16 aliphatic rings. The molecule has 34 atom stereocenters. The van der Waals surface area contributed by atoms with Gasteiger partial charge in [-0.15, -0.1) is 0 Å². The molecule has 16 rings (SSSR count). The van der Waals surface area contributed by atoms with Crippen molar-refractivity contribution in [2.24, 2.45) is 279 Å². The van der Waals surface area contributed by atoms with Gasteiger partial charge in [0.1, 0.15) is 0 Å². The molecule has 115 heavy (non-hydrogen) atoms. The summed E-state index contributed by atoms with van der Waals surface area (Å²) >= 11 is 0. The minimum absolute atomic E-state index is 0. The molecular weight excluding hydrogens is 1380 g/mol. The quantitative estimate of drug-likeness (QED) is 0.212. The minimum atomic E-state index is 0. The van der Waals surface area contributed by atoms with E-state index in [0.717, 1.165) is 225 Å². The molecule has 16 aliphatic carbocycles. The van der Waals surface area contributed by atoms with Crippen molar-refractivity contribution in [2.45, 2.75) is 468 Å². The molecule has 0 aliphatic heterocycles. The predicted molar refractivity (Wildman–Crippen MR) is 547 cm³/mol. The summed E-state index contributed by atoms with van der Waals surface area (Å²) in [7, 11) is 0. The summed E-state index contributed by atoms with van der Waals surface area (Å²) in [6.07, 6.45) is 12.6. The van der Waals surface area contributed by atoms with Crippen molar-refractivity contribution in [3.05, 3.63) is 0 Å². The fourth-order valence-corrected chi connectivity index (χ4v) is 28.9. The molecule has 708 valence electrons. The third kappa shape index (κ3) is 21.5. The molecule has 0 saturated heterocycles. The summed E-state index contributed by atoms with van der Waals surface area (Å²) in [6, 6.07) is 0. The van der Waals surface area contributed by atoms with Crippen molar-refractivity contribution in [3.8, 4) is 0 Å². The zero-order chi connectivity index (χ0) is 74.6. The van der Waals surface area contributed by atoms with E-state index in [9.17, 15) is 0 Å². The Kier molecular flexibility index (Phi) is 50.8. The highest BCUT2D eigenvalue weighted by molar-refractivity contribution is 5.24. The first kappa shape index (κ1) is 133. The van der Waals surface area contributed by atoms with Crippen molar-refractivity contribution in [1.29, 1.82) is 0 Å². The third-order valence-corrected chi connectivity index (χ3v) is 42.0. The van der Waals surface area contributed by atoms with Crippen molar-refractivity contribution in [3.63, 3.8) is 0 Å². The van der Waals surface area contributed by atoms with Crippen LogP contribution in [0, 0.1) is 279 Å². The van der Waals surface area contributed by atoms with E-state index in [2.05, 4.69) is 291 Å². The second-order valence-corrected chi connectivity index (χ2v) is 49.8. The summed E-state index contributed by atoms with van der Waals surface area (Å²) in [5.74, 6) is 39.4. The van der Waals surface area contributed by atoms with Crippen molar-refractivity contribution >= 4 is 0 Å². The van der Waals surface area contributed by atoms with Crippen LogP contribution in [0.4, 0.5) is 0 Å². The maximum Gasteiger partial charge on any atom is -0.0269 e. The molecule has 0 spiro atoms. The molecule has 0 aromatic carbocycles. The van der Waals surface area contributed by atoms with E-state index in [1.54, 1.807) is 51.4 Å². The van der Waals surface area contributed by atoms with Gasteiger partial charge in [-0.25, -0.2) is 0 Å². The molecule has 0 aromatic rings. The monoisotopic (exact) mass is 1630 g/mol. The lowest BCUT2D eigenvalue weighted by atomic mass is 9.50. The molecule has 16 fully saturated rings. The van der Waals surface area contributed by atoms with Crippen LogP contribution in [0.5, 0.6) is 0 Å². The SMILES string of the molecule is C.C.C.C.C.C.C.C.C.C.C.C.C.C.C.C.C.CC(C)C(C)(C)C.CC(C)C(C)(C)C.CC(C)C(C)(C)C.CC(C)C(C)(C)C.CC1C(C)C2CC1C1C2C2CC1C(C)(C)C2(C)C.CC1C(C)C2CC1C1C2C2CC1C(C)(C)C2(C)C.CC1C(C)C2CC1C1C3CC(C21)C(C)(C)C3C.CC1C(C)C2CC1C1C3CC(C21)C(C)(C)C3C. The van der Waals surface area contributed by atoms with Crippen molar-refractivity contribution in [1.82, 2.24) is 0 Å². The molecule has 0 radical (unpaired) electrons. The third-order valence-electron chi connectivity index (χ3n) is 42.0. The number of rotatable bonds is 0. The molecule has 16 bridgehead atoms. The van der Waals surface area contributed by atoms with Gasteiger partial charge in [0.25, 0.3) is 0 Å². The van der Waals surface area contributed by atoms with Gasteiger partial charge < -0.3 is 0 Å². The summed E-state index contributed by atoms with van der Waals surface area (Å²) < 4.78 is 0. The van der Waals surface area contributed by atoms with Crippen LogP contribution in [-0.2, 0) is 0 Å². The molecule has 0 N–H and O–H groups in total. The van der Waals surface area contributed by atoms with Crippen LogP contribution in [0.3, 0.4) is 0 Å². The number of hydrogen-bond acceptors (Lipinski definition) is 0. The number of fused-ring (bicyclic) bond motifs is 36. The summed E-state index contributed by atoms with van der Waals surface area (Å²) in [5.41, 5.74) is 5.58. The summed E-state index contributed by atoms with van der Waals surface area (Å²) in [5, 5.41) is 0. The molecule has 0 aromatic heterocycles. The van der Waals surface area contributed by atoms with Crippen LogP contribution in [0.15, 0.2) is 0 Å². The Bertz CT molecular complexity index is 2370. The fourth-order valence-electron chi connectivity index (χ4n) is 28.9. The average molecular weight is 1630 g/mol. The summed E-state index contributed by atoms with van der Waals surface area (Å²) in [4.78, 5) is 0. The Morgan fingerprint density at radius 2 is 0.304 bits per heavy atom. The van der Waals surface area contributed by atoms with Gasteiger partial charge in [0, 0.05) is 0 Å². The van der Waals surface area contributed by atoms with Crippen LogP contribution in [0.25, 0.3) is 0 Å². The van der Waals surface area contributed by atoms with E-state index in [4.69, 9.17) is 0 Å². The lowest BCUT2D eigenvalue weighted by Crippen LogP contribution is -2.50. The van der Waals surface area contributed by atoms with Gasteiger partial charge in [0.2, 0.25) is 0 Å². The zero-order valence-corrected chi connectivity index (χ0v) is 74.6. The standard InChI is InChI=1S/2C18H30.2C17H28.4C7H16.17CH4/c2*1-9-10(2)12-7-11(9)15-13-8-14(16(12)15)18(5,6)17(13,3)4;2*1-8-9(2)12-6-11(8)15-13-7-14(16(12)15)17(4,5)10(13)3;4*1-6(2)7(3,4)5;;;;;;;;;;;;;;;;;/h2*9-16H,7-8H2,1-6H3;2*8-16H,6-7H2,1-5H3;4*6H,1-5H3;17*1H4. The second kappa shape index (κ2) is 43.9. The van der Waals surface area contributed by atoms with E-state index in [0.29, 0.717) is 54.1 Å². The van der Waals surface area contributed by atoms with Gasteiger partial charge >= 0.3 is 0 Å². The van der Waals surface area contributed by atoms with E-state index >= 15 is 0 Å². The topological polar surface area (TPSA) is 0 Å². The maximum absolute atomic E-state index is 2.58. The molecular formula is C115H248. The van der Waals surface area contributed by atoms with E-state index in [1.165, 1.54) is 0 Å². The highest BCUT2D eigenvalue weighted by Gasteiger charge is 2.76. The first-order chi connectivity index (χ1) is 44.2. The minimum Gasteiger partial charge on any atom is -0.0776 e. The Labute approximate surface area is 742 Å². The molecule has 0 heterocycles. The van der Waals surface area contributed by atoms with Gasteiger partial charge in [-0.2, -0.15) is 0 Å². The highest BCUT2D eigenvalue weighted by Crippen LogP contribution is 2.82. The van der Waals surface area contributed by atoms with Crippen LogP contribution in [0.1, 0.15) is 468 Å².